The van der Waals surface area contributed by atoms with Gasteiger partial charge in [0.25, 0.3) is 0 Å². The molecule has 1 heterocycles. The minimum absolute atomic E-state index is 0.285. The second kappa shape index (κ2) is 6.53. The zero-order valence-electron chi connectivity index (χ0n) is 10.5. The van der Waals surface area contributed by atoms with E-state index < -0.39 is 0 Å². The lowest BCUT2D eigenvalue weighted by molar-refractivity contribution is -0.134. The van der Waals surface area contributed by atoms with Crippen molar-refractivity contribution in [1.82, 2.24) is 9.80 Å². The number of hydrogen-bond acceptors (Lipinski definition) is 4. The quantitative estimate of drug-likeness (QED) is 0.533. The van der Waals surface area contributed by atoms with Crippen LogP contribution >= 0.6 is 0 Å². The maximum atomic E-state index is 11.1. The molecule has 16 heavy (non-hydrogen) atoms. The molecule has 4 nitrogen and oxygen atoms in total. The molecular formula is C12H22N2O2. The molecule has 1 saturated heterocycles. The third kappa shape index (κ3) is 3.85. The highest BCUT2D eigenvalue weighted by atomic mass is 16.5. The number of methoxy groups -OCH3 is 1. The van der Waals surface area contributed by atoms with Crippen LogP contribution < -0.4 is 0 Å². The van der Waals surface area contributed by atoms with Gasteiger partial charge in [-0.15, -0.1) is 0 Å². The molecule has 0 N–H and O–H groups in total. The SMILES string of the molecule is CCC1CN(C)CCCN1/C=C/C(=O)OC. The van der Waals surface area contributed by atoms with Crippen molar-refractivity contribution in [3.05, 3.63) is 12.3 Å². The summed E-state index contributed by atoms with van der Waals surface area (Å²) in [5, 5.41) is 0. The van der Waals surface area contributed by atoms with Crippen molar-refractivity contribution in [2.45, 2.75) is 25.8 Å². The van der Waals surface area contributed by atoms with Gasteiger partial charge in [-0.3, -0.25) is 0 Å². The molecule has 1 aliphatic heterocycles. The van der Waals surface area contributed by atoms with E-state index in [1.165, 1.54) is 13.2 Å². The number of hydrogen-bond donors (Lipinski definition) is 0. The summed E-state index contributed by atoms with van der Waals surface area (Å²) in [4.78, 5) is 15.7. The van der Waals surface area contributed by atoms with Crippen LogP contribution in [-0.2, 0) is 9.53 Å². The molecule has 1 fully saturated rings. The summed E-state index contributed by atoms with van der Waals surface area (Å²) < 4.78 is 4.60. The number of carbonyl (C=O) groups excluding carboxylic acids is 1. The molecule has 1 atom stereocenters. The van der Waals surface area contributed by atoms with E-state index in [2.05, 4.69) is 28.5 Å². The first-order chi connectivity index (χ1) is 7.67. The van der Waals surface area contributed by atoms with Crippen molar-refractivity contribution >= 4 is 5.97 Å². The zero-order chi connectivity index (χ0) is 12.0. The van der Waals surface area contributed by atoms with Gasteiger partial charge < -0.3 is 14.5 Å². The molecule has 1 rings (SSSR count). The monoisotopic (exact) mass is 226 g/mol. The van der Waals surface area contributed by atoms with Crippen molar-refractivity contribution in [2.75, 3.05) is 33.8 Å². The van der Waals surface area contributed by atoms with E-state index in [9.17, 15) is 4.79 Å². The van der Waals surface area contributed by atoms with Crippen LogP contribution in [0.5, 0.6) is 0 Å². The molecule has 0 aromatic rings. The summed E-state index contributed by atoms with van der Waals surface area (Å²) in [5.41, 5.74) is 0. The van der Waals surface area contributed by atoms with Gasteiger partial charge in [-0.1, -0.05) is 6.92 Å². The van der Waals surface area contributed by atoms with E-state index in [1.807, 2.05) is 6.20 Å². The van der Waals surface area contributed by atoms with Gasteiger partial charge in [0.05, 0.1) is 7.11 Å². The lowest BCUT2D eigenvalue weighted by atomic mass is 10.2. The Balaban J connectivity index is 2.61. The fourth-order valence-corrected chi connectivity index (χ4v) is 2.05. The van der Waals surface area contributed by atoms with Gasteiger partial charge in [0, 0.05) is 31.4 Å². The first kappa shape index (κ1) is 13.0. The van der Waals surface area contributed by atoms with Gasteiger partial charge in [-0.25, -0.2) is 4.79 Å². The van der Waals surface area contributed by atoms with E-state index in [4.69, 9.17) is 0 Å². The van der Waals surface area contributed by atoms with Crippen LogP contribution in [-0.4, -0.2) is 55.6 Å². The molecule has 1 aliphatic rings. The molecule has 0 radical (unpaired) electrons. The molecule has 0 bridgehead atoms. The van der Waals surface area contributed by atoms with Crippen LogP contribution in [0.2, 0.25) is 0 Å². The molecule has 0 aliphatic carbocycles. The minimum Gasteiger partial charge on any atom is -0.466 e. The lowest BCUT2D eigenvalue weighted by Gasteiger charge is -2.28. The van der Waals surface area contributed by atoms with Crippen LogP contribution in [0.25, 0.3) is 0 Å². The predicted molar refractivity (Wildman–Crippen MR) is 64.1 cm³/mol. The molecule has 92 valence electrons. The van der Waals surface area contributed by atoms with Gasteiger partial charge >= 0.3 is 5.97 Å². The first-order valence-electron chi connectivity index (χ1n) is 5.87. The average Bonchev–Trinajstić information content (AvgIpc) is 2.47. The van der Waals surface area contributed by atoms with Gasteiger partial charge in [-0.05, 0) is 26.4 Å². The third-order valence-electron chi connectivity index (χ3n) is 3.02. The lowest BCUT2D eigenvalue weighted by Crippen LogP contribution is -2.36. The van der Waals surface area contributed by atoms with Crippen LogP contribution in [0, 0.1) is 0 Å². The van der Waals surface area contributed by atoms with Crippen molar-refractivity contribution in [2.24, 2.45) is 0 Å². The Hall–Kier alpha value is -1.03. The average molecular weight is 226 g/mol. The van der Waals surface area contributed by atoms with E-state index in [0.29, 0.717) is 6.04 Å². The van der Waals surface area contributed by atoms with Crippen LogP contribution in [0.1, 0.15) is 19.8 Å². The zero-order valence-corrected chi connectivity index (χ0v) is 10.5. The van der Waals surface area contributed by atoms with Gasteiger partial charge in [0.2, 0.25) is 0 Å². The topological polar surface area (TPSA) is 32.8 Å². The maximum absolute atomic E-state index is 11.1. The van der Waals surface area contributed by atoms with E-state index >= 15 is 0 Å². The van der Waals surface area contributed by atoms with Crippen molar-refractivity contribution < 1.29 is 9.53 Å². The Morgan fingerprint density at radius 3 is 2.88 bits per heavy atom. The molecule has 0 saturated carbocycles. The Kier molecular flexibility index (Phi) is 5.32. The van der Waals surface area contributed by atoms with Crippen molar-refractivity contribution in [3.63, 3.8) is 0 Å². The molecule has 0 aromatic carbocycles. The molecule has 0 spiro atoms. The molecule has 1 unspecified atom stereocenters. The Morgan fingerprint density at radius 2 is 2.25 bits per heavy atom. The third-order valence-corrected chi connectivity index (χ3v) is 3.02. The summed E-state index contributed by atoms with van der Waals surface area (Å²) in [5.74, 6) is -0.285. The van der Waals surface area contributed by atoms with Crippen molar-refractivity contribution in [1.29, 1.82) is 0 Å². The summed E-state index contributed by atoms with van der Waals surface area (Å²) in [6, 6.07) is 0.494. The Labute approximate surface area is 97.9 Å². The highest BCUT2D eigenvalue weighted by Gasteiger charge is 2.19. The highest BCUT2D eigenvalue weighted by molar-refractivity contribution is 5.81. The molecule has 4 heteroatoms. The summed E-state index contributed by atoms with van der Waals surface area (Å²) in [7, 11) is 3.55. The largest absolute Gasteiger partial charge is 0.466 e. The molecule has 0 aromatic heterocycles. The standard InChI is InChI=1S/C12H22N2O2/c1-4-11-10-13(2)7-5-8-14(11)9-6-12(15)16-3/h6,9,11H,4-5,7-8,10H2,1-3H3/b9-6+. The number of ether oxygens (including phenoxy) is 1. The predicted octanol–water partition coefficient (Wildman–Crippen LogP) is 1.09. The van der Waals surface area contributed by atoms with Crippen LogP contribution in [0.4, 0.5) is 0 Å². The minimum atomic E-state index is -0.285. The fourth-order valence-electron chi connectivity index (χ4n) is 2.05. The Morgan fingerprint density at radius 1 is 1.50 bits per heavy atom. The number of carbonyl (C=O) groups is 1. The summed E-state index contributed by atoms with van der Waals surface area (Å²) in [6.07, 6.45) is 5.61. The second-order valence-corrected chi connectivity index (χ2v) is 4.25. The molecular weight excluding hydrogens is 204 g/mol. The van der Waals surface area contributed by atoms with E-state index in [1.54, 1.807) is 0 Å². The van der Waals surface area contributed by atoms with Gasteiger partial charge in [0.15, 0.2) is 0 Å². The second-order valence-electron chi connectivity index (χ2n) is 4.25. The number of rotatable bonds is 3. The van der Waals surface area contributed by atoms with E-state index in [-0.39, 0.29) is 5.97 Å². The van der Waals surface area contributed by atoms with Gasteiger partial charge in [0.1, 0.15) is 0 Å². The maximum Gasteiger partial charge on any atom is 0.331 e. The number of nitrogens with zero attached hydrogens (tertiary/aromatic N) is 2. The fraction of sp³-hybridized carbons (Fsp3) is 0.750. The van der Waals surface area contributed by atoms with Crippen LogP contribution in [0.15, 0.2) is 12.3 Å². The van der Waals surface area contributed by atoms with Gasteiger partial charge in [-0.2, -0.15) is 0 Å². The number of esters is 1. The molecule has 0 amide bonds. The Bertz CT molecular complexity index is 253. The summed E-state index contributed by atoms with van der Waals surface area (Å²) >= 11 is 0. The smallest absolute Gasteiger partial charge is 0.331 e. The normalized spacial score (nSPS) is 23.4. The summed E-state index contributed by atoms with van der Waals surface area (Å²) in [6.45, 7) is 5.38. The number of likely N-dealkylation sites (N-methyl/N-ethyl adjacent to an activating group) is 1. The van der Waals surface area contributed by atoms with E-state index in [0.717, 1.165) is 32.5 Å². The van der Waals surface area contributed by atoms with Crippen molar-refractivity contribution in [3.8, 4) is 0 Å². The highest BCUT2D eigenvalue weighted by Crippen LogP contribution is 2.12. The first-order valence-corrected chi connectivity index (χ1v) is 5.87. The van der Waals surface area contributed by atoms with Crippen LogP contribution in [0.3, 0.4) is 0 Å².